The topological polar surface area (TPSA) is 71.0 Å². The van der Waals surface area contributed by atoms with Crippen molar-refractivity contribution in [2.24, 2.45) is 0 Å². The maximum atomic E-state index is 12.7. The third-order valence-electron chi connectivity index (χ3n) is 5.21. The molecule has 1 N–H and O–H groups in total. The predicted molar refractivity (Wildman–Crippen MR) is 113 cm³/mol. The predicted octanol–water partition coefficient (Wildman–Crippen LogP) is 4.17. The van der Waals surface area contributed by atoms with Gasteiger partial charge in [0.1, 0.15) is 5.69 Å². The summed E-state index contributed by atoms with van der Waals surface area (Å²) < 4.78 is 0. The van der Waals surface area contributed by atoms with E-state index in [0.717, 1.165) is 34.9 Å². The molecule has 1 aliphatic heterocycles. The number of benzene rings is 1. The van der Waals surface area contributed by atoms with Gasteiger partial charge in [-0.2, -0.15) is 0 Å². The van der Waals surface area contributed by atoms with E-state index in [2.05, 4.69) is 52.5 Å². The summed E-state index contributed by atoms with van der Waals surface area (Å²) in [6.45, 7) is 7.29. The second-order valence-electron chi connectivity index (χ2n) is 7.69. The summed E-state index contributed by atoms with van der Waals surface area (Å²) in [5, 5.41) is 3.46. The number of rotatable bonds is 4. The molecule has 0 bridgehead atoms. The van der Waals surface area contributed by atoms with Gasteiger partial charge in [-0.05, 0) is 51.5 Å². The number of anilines is 2. The zero-order valence-electron chi connectivity index (χ0n) is 17.0. The van der Waals surface area contributed by atoms with Crippen LogP contribution in [0.4, 0.5) is 11.4 Å². The maximum absolute atomic E-state index is 12.7. The number of likely N-dealkylation sites (tertiary alicyclic amines) is 1. The minimum Gasteiger partial charge on any atom is -0.355 e. The molecule has 2 aromatic heterocycles. The zero-order chi connectivity index (χ0) is 20.4. The van der Waals surface area contributed by atoms with Crippen LogP contribution < -0.4 is 5.32 Å². The van der Waals surface area contributed by atoms with Crippen molar-refractivity contribution in [3.05, 3.63) is 77.1 Å². The van der Waals surface area contributed by atoms with E-state index in [1.54, 1.807) is 12.4 Å². The smallest absolute Gasteiger partial charge is 0.274 e. The molecule has 0 spiro atoms. The van der Waals surface area contributed by atoms with Gasteiger partial charge >= 0.3 is 0 Å². The molecule has 1 aromatic carbocycles. The molecule has 6 heteroatoms. The van der Waals surface area contributed by atoms with Crippen LogP contribution in [-0.2, 0) is 0 Å². The normalized spacial score (nSPS) is 16.1. The first-order valence-corrected chi connectivity index (χ1v) is 9.88. The number of amides is 1. The number of nitrogens with one attached hydrogen (secondary N) is 1. The van der Waals surface area contributed by atoms with Crippen LogP contribution >= 0.6 is 0 Å². The van der Waals surface area contributed by atoms with Gasteiger partial charge in [0, 0.05) is 48.0 Å². The van der Waals surface area contributed by atoms with Crippen LogP contribution in [0, 0.1) is 20.8 Å². The lowest BCUT2D eigenvalue weighted by Crippen LogP contribution is -2.29. The minimum atomic E-state index is -0.0642. The molecule has 1 amide bonds. The first-order chi connectivity index (χ1) is 14.0. The highest BCUT2D eigenvalue weighted by Crippen LogP contribution is 2.29. The molecule has 0 radical (unpaired) electrons. The number of nitrogens with zero attached hydrogens (tertiary/aromatic N) is 4. The van der Waals surface area contributed by atoms with E-state index in [4.69, 9.17) is 4.98 Å². The van der Waals surface area contributed by atoms with Crippen LogP contribution in [0.5, 0.6) is 0 Å². The molecule has 6 nitrogen and oxygen atoms in total. The first kappa shape index (κ1) is 19.1. The summed E-state index contributed by atoms with van der Waals surface area (Å²) >= 11 is 0. The Labute approximate surface area is 171 Å². The average molecular weight is 387 g/mol. The number of pyridine rings is 1. The van der Waals surface area contributed by atoms with Gasteiger partial charge in [0.15, 0.2) is 0 Å². The highest BCUT2D eigenvalue weighted by atomic mass is 16.2. The summed E-state index contributed by atoms with van der Waals surface area (Å²) in [6, 6.07) is 12.5. The Hall–Kier alpha value is -3.28. The van der Waals surface area contributed by atoms with Crippen molar-refractivity contribution < 1.29 is 4.79 Å². The lowest BCUT2D eigenvalue weighted by Gasteiger charge is -2.17. The van der Waals surface area contributed by atoms with E-state index < -0.39 is 0 Å². The lowest BCUT2D eigenvalue weighted by molar-refractivity contribution is 0.0784. The standard InChI is InChI=1S/C23H25N5O/c1-15-4-6-19(7-5-15)27-20-10-16(2)26-21(11-20)18-8-9-28(14-18)23(29)22-13-24-17(3)12-25-22/h4-7,10-13,18H,8-9,14H2,1-3H3,(H,26,27)/t18-/m1/s1. The summed E-state index contributed by atoms with van der Waals surface area (Å²) in [5.74, 6) is 0.154. The van der Waals surface area contributed by atoms with E-state index in [1.165, 1.54) is 5.56 Å². The number of hydrogen-bond acceptors (Lipinski definition) is 5. The van der Waals surface area contributed by atoms with Crippen molar-refractivity contribution in [1.29, 1.82) is 0 Å². The van der Waals surface area contributed by atoms with E-state index >= 15 is 0 Å². The van der Waals surface area contributed by atoms with Gasteiger partial charge < -0.3 is 10.2 Å². The molecule has 1 fully saturated rings. The van der Waals surface area contributed by atoms with Gasteiger partial charge in [-0.1, -0.05) is 17.7 Å². The van der Waals surface area contributed by atoms with Gasteiger partial charge in [0.2, 0.25) is 0 Å². The Bertz CT molecular complexity index is 1010. The van der Waals surface area contributed by atoms with Gasteiger partial charge in [-0.25, -0.2) is 4.98 Å². The molecule has 4 rings (SSSR count). The number of carbonyl (C=O) groups excluding carboxylic acids is 1. The van der Waals surface area contributed by atoms with Crippen LogP contribution in [0.2, 0.25) is 0 Å². The Kier molecular flexibility index (Phi) is 5.25. The fraction of sp³-hybridized carbons (Fsp3) is 0.304. The molecule has 148 valence electrons. The van der Waals surface area contributed by atoms with Crippen molar-refractivity contribution in [2.75, 3.05) is 18.4 Å². The molecule has 0 saturated carbocycles. The molecule has 1 saturated heterocycles. The molecular weight excluding hydrogens is 362 g/mol. The molecule has 1 atom stereocenters. The zero-order valence-corrected chi connectivity index (χ0v) is 17.0. The summed E-state index contributed by atoms with van der Waals surface area (Å²) in [4.78, 5) is 27.7. The highest BCUT2D eigenvalue weighted by Gasteiger charge is 2.29. The third kappa shape index (κ3) is 4.42. The Balaban J connectivity index is 1.48. The second kappa shape index (κ2) is 7.99. The molecule has 29 heavy (non-hydrogen) atoms. The Morgan fingerprint density at radius 3 is 2.52 bits per heavy atom. The van der Waals surface area contributed by atoms with Gasteiger partial charge in [-0.3, -0.25) is 14.8 Å². The van der Waals surface area contributed by atoms with E-state index in [0.29, 0.717) is 18.8 Å². The quantitative estimate of drug-likeness (QED) is 0.727. The number of aromatic nitrogens is 3. The third-order valence-corrected chi connectivity index (χ3v) is 5.21. The number of hydrogen-bond donors (Lipinski definition) is 1. The molecule has 3 aromatic rings. The molecular formula is C23H25N5O. The van der Waals surface area contributed by atoms with E-state index in [-0.39, 0.29) is 11.8 Å². The van der Waals surface area contributed by atoms with Gasteiger partial charge in [-0.15, -0.1) is 0 Å². The first-order valence-electron chi connectivity index (χ1n) is 9.88. The van der Waals surface area contributed by atoms with Crippen molar-refractivity contribution in [3.63, 3.8) is 0 Å². The minimum absolute atomic E-state index is 0.0642. The fourth-order valence-electron chi connectivity index (χ4n) is 3.63. The molecule has 1 aliphatic rings. The van der Waals surface area contributed by atoms with E-state index in [1.807, 2.05) is 24.8 Å². The monoisotopic (exact) mass is 387 g/mol. The highest BCUT2D eigenvalue weighted by molar-refractivity contribution is 5.92. The summed E-state index contributed by atoms with van der Waals surface area (Å²) in [6.07, 6.45) is 4.08. The van der Waals surface area contributed by atoms with Crippen LogP contribution in [0.1, 0.15) is 45.5 Å². The maximum Gasteiger partial charge on any atom is 0.274 e. The summed E-state index contributed by atoms with van der Waals surface area (Å²) in [7, 11) is 0. The van der Waals surface area contributed by atoms with Gasteiger partial charge in [0.25, 0.3) is 5.91 Å². The molecule has 0 aliphatic carbocycles. The van der Waals surface area contributed by atoms with Crippen molar-refractivity contribution in [2.45, 2.75) is 33.1 Å². The van der Waals surface area contributed by atoms with Gasteiger partial charge in [0.05, 0.1) is 11.9 Å². The van der Waals surface area contributed by atoms with Crippen LogP contribution in [-0.4, -0.2) is 38.8 Å². The molecule has 3 heterocycles. The molecule has 0 unspecified atom stereocenters. The summed E-state index contributed by atoms with van der Waals surface area (Å²) in [5.41, 5.74) is 6.49. The lowest BCUT2D eigenvalue weighted by atomic mass is 10.0. The van der Waals surface area contributed by atoms with Crippen molar-refractivity contribution in [3.8, 4) is 0 Å². The average Bonchev–Trinajstić information content (AvgIpc) is 3.20. The fourth-order valence-corrected chi connectivity index (χ4v) is 3.63. The van der Waals surface area contributed by atoms with E-state index in [9.17, 15) is 4.79 Å². The van der Waals surface area contributed by atoms with Crippen LogP contribution in [0.25, 0.3) is 0 Å². The van der Waals surface area contributed by atoms with Crippen LogP contribution in [0.3, 0.4) is 0 Å². The van der Waals surface area contributed by atoms with Crippen molar-refractivity contribution >= 4 is 17.3 Å². The number of carbonyl (C=O) groups is 1. The largest absolute Gasteiger partial charge is 0.355 e. The second-order valence-corrected chi connectivity index (χ2v) is 7.69. The number of aryl methyl sites for hydroxylation is 3. The Morgan fingerprint density at radius 1 is 1.00 bits per heavy atom. The SMILES string of the molecule is Cc1ccc(Nc2cc(C)nc([C@@H]3CCN(C(=O)c4cnc(C)cn4)C3)c2)cc1. The van der Waals surface area contributed by atoms with Crippen molar-refractivity contribution in [1.82, 2.24) is 19.9 Å². The van der Waals surface area contributed by atoms with Crippen LogP contribution in [0.15, 0.2) is 48.8 Å². The Morgan fingerprint density at radius 2 is 1.79 bits per heavy atom.